The van der Waals surface area contributed by atoms with E-state index >= 15 is 0 Å². The Morgan fingerprint density at radius 2 is 1.57 bits per heavy atom. The Labute approximate surface area is 41.6 Å². The van der Waals surface area contributed by atoms with Crippen molar-refractivity contribution in [1.29, 1.82) is 0 Å². The quantitative estimate of drug-likeness (QED) is 0.243. The minimum absolute atomic E-state index is 0.455. The summed E-state index contributed by atoms with van der Waals surface area (Å²) in [4.78, 5) is 18.8. The van der Waals surface area contributed by atoms with Gasteiger partial charge in [-0.05, 0) is 0 Å². The van der Waals surface area contributed by atoms with Crippen molar-refractivity contribution in [3.05, 3.63) is 0 Å². The topological polar surface area (TPSA) is 58.2 Å². The first-order chi connectivity index (χ1) is 3.41. The van der Waals surface area contributed by atoms with Gasteiger partial charge in [-0.15, -0.1) is 0 Å². The summed E-state index contributed by atoms with van der Waals surface area (Å²) < 4.78 is 0. The number of nitrogens with one attached hydrogen (secondary N) is 2. The molecule has 0 saturated heterocycles. The van der Waals surface area contributed by atoms with Gasteiger partial charge < -0.3 is 10.5 Å². The van der Waals surface area contributed by atoms with Gasteiger partial charge in [0, 0.05) is 0 Å². The molecule has 0 aliphatic carbocycles. The molecule has 0 atom stereocenters. The summed E-state index contributed by atoms with van der Waals surface area (Å²) in [6, 6.07) is 0. The fourth-order valence-electron chi connectivity index (χ4n) is 0.116. The van der Waals surface area contributed by atoms with E-state index in [9.17, 15) is 9.59 Å². The van der Waals surface area contributed by atoms with E-state index in [0.717, 1.165) is 7.55 Å². The summed E-state index contributed by atoms with van der Waals surface area (Å²) >= 11 is 0. The molecule has 37 valence electrons. The van der Waals surface area contributed by atoms with Gasteiger partial charge in [-0.3, -0.25) is 9.59 Å². The molecular formula is C2H4BN2O2. The first kappa shape index (κ1) is 6.00. The minimum Gasteiger partial charge on any atom is -0.385 e. The van der Waals surface area contributed by atoms with Crippen molar-refractivity contribution in [1.82, 2.24) is 10.5 Å². The van der Waals surface area contributed by atoms with Crippen LogP contribution in [0.4, 0.5) is 0 Å². The molecule has 7 heavy (non-hydrogen) atoms. The van der Waals surface area contributed by atoms with E-state index in [1.54, 1.807) is 0 Å². The Kier molecular flexibility index (Phi) is 4.29. The van der Waals surface area contributed by atoms with E-state index in [1.807, 2.05) is 0 Å². The lowest BCUT2D eigenvalue weighted by Gasteiger charge is -1.85. The highest BCUT2D eigenvalue weighted by molar-refractivity contribution is 6.35. The zero-order valence-corrected chi connectivity index (χ0v) is 3.55. The molecule has 5 heteroatoms. The van der Waals surface area contributed by atoms with E-state index in [-0.39, 0.29) is 0 Å². The molecule has 2 N–H and O–H groups in total. The van der Waals surface area contributed by atoms with Gasteiger partial charge >= 0.3 is 7.55 Å². The van der Waals surface area contributed by atoms with E-state index < -0.39 is 0 Å². The van der Waals surface area contributed by atoms with Crippen LogP contribution in [0.25, 0.3) is 0 Å². The fourth-order valence-corrected chi connectivity index (χ4v) is 0.116. The fraction of sp³-hybridized carbons (Fsp3) is 0. The third kappa shape index (κ3) is 5.00. The maximum atomic E-state index is 9.38. The first-order valence-corrected chi connectivity index (χ1v) is 1.63. The number of hydrogen-bond donors (Lipinski definition) is 2. The second kappa shape index (κ2) is 5.00. The van der Waals surface area contributed by atoms with Crippen molar-refractivity contribution in [3.63, 3.8) is 0 Å². The third-order valence-electron chi connectivity index (χ3n) is 0.303. The van der Waals surface area contributed by atoms with Gasteiger partial charge in [0.2, 0.25) is 0 Å². The molecule has 0 fully saturated rings. The van der Waals surface area contributed by atoms with Crippen LogP contribution >= 0.6 is 0 Å². The molecule has 0 spiro atoms. The predicted octanol–water partition coefficient (Wildman–Crippen LogP) is -1.99. The summed E-state index contributed by atoms with van der Waals surface area (Å²) in [5, 5.41) is 4.20. The molecule has 0 rings (SSSR count). The van der Waals surface area contributed by atoms with Gasteiger partial charge in [0.1, 0.15) is 0 Å². The first-order valence-electron chi connectivity index (χ1n) is 1.63. The van der Waals surface area contributed by atoms with Gasteiger partial charge in [-0.2, -0.15) is 0 Å². The summed E-state index contributed by atoms with van der Waals surface area (Å²) in [7, 11) is 1.12. The zero-order valence-electron chi connectivity index (χ0n) is 3.55. The van der Waals surface area contributed by atoms with Crippen LogP contribution in [-0.4, -0.2) is 20.4 Å². The molecule has 1 radical (unpaired) electrons. The van der Waals surface area contributed by atoms with Gasteiger partial charge in [-0.25, -0.2) is 0 Å². The average molecular weight is 98.9 g/mol. The molecule has 0 heterocycles. The van der Waals surface area contributed by atoms with E-state index in [1.165, 1.54) is 0 Å². The molecule has 0 saturated carbocycles. The maximum absolute atomic E-state index is 9.38. The Hall–Kier alpha value is -0.995. The van der Waals surface area contributed by atoms with Gasteiger partial charge in [-0.1, -0.05) is 0 Å². The number of hydrogen-bond acceptors (Lipinski definition) is 2. The molecule has 0 unspecified atom stereocenters. The van der Waals surface area contributed by atoms with Crippen LogP contribution < -0.4 is 10.5 Å². The molecule has 0 aliphatic heterocycles. The van der Waals surface area contributed by atoms with Crippen molar-refractivity contribution in [2.24, 2.45) is 0 Å². The predicted molar refractivity (Wildman–Crippen MR) is 24.2 cm³/mol. The normalized spacial score (nSPS) is 6.29. The van der Waals surface area contributed by atoms with Crippen molar-refractivity contribution in [2.75, 3.05) is 0 Å². The number of rotatable bonds is 4. The van der Waals surface area contributed by atoms with Gasteiger partial charge in [0.15, 0.2) is 12.8 Å². The molecule has 0 aromatic heterocycles. The van der Waals surface area contributed by atoms with Crippen LogP contribution in [0.3, 0.4) is 0 Å². The van der Waals surface area contributed by atoms with Crippen LogP contribution in [0.15, 0.2) is 0 Å². The van der Waals surface area contributed by atoms with Gasteiger partial charge in [0.05, 0.1) is 0 Å². The highest BCUT2D eigenvalue weighted by Gasteiger charge is 1.79. The van der Waals surface area contributed by atoms with Crippen LogP contribution in [0.5, 0.6) is 0 Å². The molecule has 0 bridgehead atoms. The third-order valence-corrected chi connectivity index (χ3v) is 0.303. The molecule has 0 aliphatic rings. The Morgan fingerprint density at radius 3 is 1.86 bits per heavy atom. The number of carbonyl (C=O) groups is 2. The Morgan fingerprint density at radius 1 is 1.14 bits per heavy atom. The Bertz CT molecular complexity index is 58.7. The molecular weight excluding hydrogens is 94.8 g/mol. The average Bonchev–Trinajstić information content (AvgIpc) is 1.69. The molecule has 0 aromatic rings. The molecule has 0 aromatic carbocycles. The van der Waals surface area contributed by atoms with Crippen molar-refractivity contribution in [2.45, 2.75) is 0 Å². The van der Waals surface area contributed by atoms with E-state index in [2.05, 4.69) is 10.5 Å². The van der Waals surface area contributed by atoms with Gasteiger partial charge in [0.25, 0.3) is 0 Å². The largest absolute Gasteiger partial charge is 0.389 e. The zero-order chi connectivity index (χ0) is 5.54. The summed E-state index contributed by atoms with van der Waals surface area (Å²) in [6.07, 6.45) is 0.910. The smallest absolute Gasteiger partial charge is 0.385 e. The summed E-state index contributed by atoms with van der Waals surface area (Å²) in [5.41, 5.74) is 0. The van der Waals surface area contributed by atoms with E-state index in [0.29, 0.717) is 12.8 Å². The Balaban J connectivity index is 2.68. The summed E-state index contributed by atoms with van der Waals surface area (Å²) in [6.45, 7) is 0. The minimum atomic E-state index is 0.455. The number of amides is 2. The second-order valence-corrected chi connectivity index (χ2v) is 0.713. The lowest BCUT2D eigenvalue weighted by molar-refractivity contribution is -0.108. The van der Waals surface area contributed by atoms with Crippen molar-refractivity contribution < 1.29 is 9.59 Å². The van der Waals surface area contributed by atoms with E-state index in [4.69, 9.17) is 0 Å². The summed E-state index contributed by atoms with van der Waals surface area (Å²) in [5.74, 6) is 0. The van der Waals surface area contributed by atoms with Crippen molar-refractivity contribution in [3.8, 4) is 0 Å². The molecule has 4 nitrogen and oxygen atoms in total. The lowest BCUT2D eigenvalue weighted by Crippen LogP contribution is -2.30. The van der Waals surface area contributed by atoms with Crippen LogP contribution in [-0.2, 0) is 9.59 Å². The monoisotopic (exact) mass is 99.0 g/mol. The SMILES string of the molecule is O=CN[B]NC=O. The standard InChI is InChI=1S/C2H4BN2O2/c6-1-4-3-5-2-7/h1-2H,(H,4,6)(H,5,7). The van der Waals surface area contributed by atoms with Crippen LogP contribution in [0, 0.1) is 0 Å². The highest BCUT2D eigenvalue weighted by atomic mass is 16.1. The highest BCUT2D eigenvalue weighted by Crippen LogP contribution is 1.30. The van der Waals surface area contributed by atoms with Crippen LogP contribution in [0.2, 0.25) is 0 Å². The second-order valence-electron chi connectivity index (χ2n) is 0.713. The lowest BCUT2D eigenvalue weighted by atomic mass is 10.2. The van der Waals surface area contributed by atoms with Crippen molar-refractivity contribution >= 4 is 20.4 Å². The number of carbonyl (C=O) groups excluding carboxylic acids is 2. The van der Waals surface area contributed by atoms with Crippen LogP contribution in [0.1, 0.15) is 0 Å². The maximum Gasteiger partial charge on any atom is 0.389 e. The molecule has 2 amide bonds.